The first-order valence-corrected chi connectivity index (χ1v) is 7.41. The normalized spacial score (nSPS) is 27.0. The van der Waals surface area contributed by atoms with Crippen LogP contribution in [0.15, 0.2) is 30.3 Å². The van der Waals surface area contributed by atoms with Gasteiger partial charge < -0.3 is 4.90 Å². The summed E-state index contributed by atoms with van der Waals surface area (Å²) in [7, 11) is 0. The molecule has 19 heavy (non-hydrogen) atoms. The van der Waals surface area contributed by atoms with Gasteiger partial charge in [0.1, 0.15) is 6.17 Å². The zero-order valence-electron chi connectivity index (χ0n) is 11.5. The molecule has 1 heterocycles. The maximum absolute atomic E-state index is 12.5. The van der Waals surface area contributed by atoms with Gasteiger partial charge in [-0.2, -0.15) is 0 Å². The SMILES string of the molecule is CCCC1NC(c2ccccc2)N(CC2CC2)C1=O. The smallest absolute Gasteiger partial charge is 0.241 e. The number of carbonyl (C=O) groups excluding carboxylic acids is 1. The Morgan fingerprint density at radius 2 is 2.00 bits per heavy atom. The van der Waals surface area contributed by atoms with E-state index in [1.807, 2.05) is 18.2 Å². The van der Waals surface area contributed by atoms with E-state index in [4.69, 9.17) is 0 Å². The van der Waals surface area contributed by atoms with Gasteiger partial charge in [-0.25, -0.2) is 0 Å². The third-order valence-electron chi connectivity index (χ3n) is 4.10. The third kappa shape index (κ3) is 2.66. The quantitative estimate of drug-likeness (QED) is 0.880. The van der Waals surface area contributed by atoms with Crippen LogP contribution >= 0.6 is 0 Å². The molecule has 0 bridgehead atoms. The standard InChI is InChI=1S/C16H22N2O/c1-2-6-14-16(19)18(11-12-9-10-12)15(17-14)13-7-4-3-5-8-13/h3-5,7-8,12,14-15,17H,2,6,9-11H2,1H3. The highest BCUT2D eigenvalue weighted by Crippen LogP contribution is 2.35. The average molecular weight is 258 g/mol. The molecule has 1 saturated heterocycles. The molecule has 1 N–H and O–H groups in total. The topological polar surface area (TPSA) is 32.3 Å². The van der Waals surface area contributed by atoms with Gasteiger partial charge in [0.25, 0.3) is 0 Å². The molecule has 102 valence electrons. The van der Waals surface area contributed by atoms with Crippen molar-refractivity contribution in [2.75, 3.05) is 6.54 Å². The molecular formula is C16H22N2O. The zero-order chi connectivity index (χ0) is 13.2. The lowest BCUT2D eigenvalue weighted by molar-refractivity contribution is -0.130. The molecule has 3 heteroatoms. The maximum atomic E-state index is 12.5. The van der Waals surface area contributed by atoms with Crippen LogP contribution in [0.1, 0.15) is 44.3 Å². The highest BCUT2D eigenvalue weighted by atomic mass is 16.2. The van der Waals surface area contributed by atoms with Crippen molar-refractivity contribution in [2.24, 2.45) is 5.92 Å². The molecule has 1 saturated carbocycles. The van der Waals surface area contributed by atoms with E-state index in [-0.39, 0.29) is 12.2 Å². The first-order chi connectivity index (χ1) is 9.29. The van der Waals surface area contributed by atoms with Crippen molar-refractivity contribution in [3.63, 3.8) is 0 Å². The van der Waals surface area contributed by atoms with Gasteiger partial charge >= 0.3 is 0 Å². The van der Waals surface area contributed by atoms with E-state index < -0.39 is 0 Å². The summed E-state index contributed by atoms with van der Waals surface area (Å²) >= 11 is 0. The molecular weight excluding hydrogens is 236 g/mol. The number of amides is 1. The van der Waals surface area contributed by atoms with Crippen LogP contribution in [-0.4, -0.2) is 23.4 Å². The molecule has 2 unspecified atom stereocenters. The van der Waals surface area contributed by atoms with Crippen molar-refractivity contribution < 1.29 is 4.79 Å². The fraction of sp³-hybridized carbons (Fsp3) is 0.562. The second-order valence-corrected chi connectivity index (χ2v) is 5.76. The van der Waals surface area contributed by atoms with Gasteiger partial charge in [-0.1, -0.05) is 43.7 Å². The zero-order valence-corrected chi connectivity index (χ0v) is 11.5. The van der Waals surface area contributed by atoms with E-state index in [2.05, 4.69) is 29.3 Å². The minimum atomic E-state index is 0.00829. The summed E-state index contributed by atoms with van der Waals surface area (Å²) in [6, 6.07) is 10.3. The molecule has 1 aromatic rings. The Kier molecular flexibility index (Phi) is 3.56. The van der Waals surface area contributed by atoms with E-state index in [0.29, 0.717) is 5.91 Å². The Hall–Kier alpha value is -1.35. The Morgan fingerprint density at radius 1 is 1.26 bits per heavy atom. The van der Waals surface area contributed by atoms with E-state index in [1.54, 1.807) is 0 Å². The molecule has 0 aromatic heterocycles. The molecule has 2 atom stereocenters. The monoisotopic (exact) mass is 258 g/mol. The Balaban J connectivity index is 1.81. The number of hydrogen-bond donors (Lipinski definition) is 1. The number of carbonyl (C=O) groups is 1. The summed E-state index contributed by atoms with van der Waals surface area (Å²) in [4.78, 5) is 14.6. The lowest BCUT2D eigenvalue weighted by atomic mass is 10.1. The largest absolute Gasteiger partial charge is 0.321 e. The molecule has 1 aliphatic carbocycles. The molecule has 2 aliphatic rings. The van der Waals surface area contributed by atoms with Crippen molar-refractivity contribution in [3.8, 4) is 0 Å². The minimum Gasteiger partial charge on any atom is -0.321 e. The second kappa shape index (κ2) is 5.33. The van der Waals surface area contributed by atoms with Crippen LogP contribution < -0.4 is 5.32 Å². The van der Waals surface area contributed by atoms with E-state index in [0.717, 1.165) is 25.3 Å². The molecule has 3 nitrogen and oxygen atoms in total. The van der Waals surface area contributed by atoms with Crippen LogP contribution in [0.3, 0.4) is 0 Å². The Bertz CT molecular complexity index is 441. The van der Waals surface area contributed by atoms with E-state index >= 15 is 0 Å². The molecule has 0 radical (unpaired) electrons. The van der Waals surface area contributed by atoms with Gasteiger partial charge in [-0.15, -0.1) is 0 Å². The maximum Gasteiger partial charge on any atom is 0.241 e. The van der Waals surface area contributed by atoms with Gasteiger partial charge in [0, 0.05) is 6.54 Å². The van der Waals surface area contributed by atoms with Crippen molar-refractivity contribution >= 4 is 5.91 Å². The molecule has 3 rings (SSSR count). The number of benzene rings is 1. The van der Waals surface area contributed by atoms with Crippen LogP contribution in [0.25, 0.3) is 0 Å². The number of nitrogens with one attached hydrogen (secondary N) is 1. The predicted molar refractivity (Wildman–Crippen MR) is 75.5 cm³/mol. The van der Waals surface area contributed by atoms with Crippen molar-refractivity contribution in [1.82, 2.24) is 10.2 Å². The summed E-state index contributed by atoms with van der Waals surface area (Å²) in [5.41, 5.74) is 1.20. The molecule has 1 amide bonds. The Morgan fingerprint density at radius 3 is 2.63 bits per heavy atom. The van der Waals surface area contributed by atoms with Crippen molar-refractivity contribution in [1.29, 1.82) is 0 Å². The van der Waals surface area contributed by atoms with Gasteiger partial charge in [0.15, 0.2) is 0 Å². The van der Waals surface area contributed by atoms with Crippen LogP contribution in [-0.2, 0) is 4.79 Å². The third-order valence-corrected chi connectivity index (χ3v) is 4.10. The first-order valence-electron chi connectivity index (χ1n) is 7.41. The number of hydrogen-bond acceptors (Lipinski definition) is 2. The fourth-order valence-corrected chi connectivity index (χ4v) is 2.86. The summed E-state index contributed by atoms with van der Waals surface area (Å²) in [5, 5.41) is 3.52. The first kappa shape index (κ1) is 12.7. The van der Waals surface area contributed by atoms with Gasteiger partial charge in [-0.3, -0.25) is 10.1 Å². The highest BCUT2D eigenvalue weighted by Gasteiger charge is 2.41. The van der Waals surface area contributed by atoms with Crippen molar-refractivity contribution in [2.45, 2.75) is 44.8 Å². The summed E-state index contributed by atoms with van der Waals surface area (Å²) in [6.45, 7) is 3.06. The van der Waals surface area contributed by atoms with Crippen LogP contribution in [0, 0.1) is 5.92 Å². The van der Waals surface area contributed by atoms with Crippen LogP contribution in [0.5, 0.6) is 0 Å². The van der Waals surface area contributed by atoms with E-state index in [1.165, 1.54) is 18.4 Å². The minimum absolute atomic E-state index is 0.00829. The average Bonchev–Trinajstić information content (AvgIpc) is 3.20. The van der Waals surface area contributed by atoms with Crippen molar-refractivity contribution in [3.05, 3.63) is 35.9 Å². The highest BCUT2D eigenvalue weighted by molar-refractivity contribution is 5.84. The van der Waals surface area contributed by atoms with Gasteiger partial charge in [0.05, 0.1) is 6.04 Å². The van der Waals surface area contributed by atoms with Crippen LogP contribution in [0.2, 0.25) is 0 Å². The number of rotatable bonds is 5. The van der Waals surface area contributed by atoms with E-state index in [9.17, 15) is 4.79 Å². The fourth-order valence-electron chi connectivity index (χ4n) is 2.86. The molecule has 1 aliphatic heterocycles. The summed E-state index contributed by atoms with van der Waals surface area (Å²) in [6.07, 6.45) is 4.62. The molecule has 0 spiro atoms. The second-order valence-electron chi connectivity index (χ2n) is 5.76. The predicted octanol–water partition coefficient (Wildman–Crippen LogP) is 2.70. The molecule has 2 fully saturated rings. The lowest BCUT2D eigenvalue weighted by Gasteiger charge is -2.24. The summed E-state index contributed by atoms with van der Waals surface area (Å²) in [5.74, 6) is 1.03. The van der Waals surface area contributed by atoms with Crippen LogP contribution in [0.4, 0.5) is 0 Å². The number of nitrogens with zero attached hydrogens (tertiary/aromatic N) is 1. The van der Waals surface area contributed by atoms with Gasteiger partial charge in [-0.05, 0) is 30.7 Å². The molecule has 1 aromatic carbocycles. The Labute approximate surface area is 115 Å². The lowest BCUT2D eigenvalue weighted by Crippen LogP contribution is -2.32. The summed E-state index contributed by atoms with van der Waals surface area (Å²) < 4.78 is 0. The van der Waals surface area contributed by atoms with Gasteiger partial charge in [0.2, 0.25) is 5.91 Å².